The van der Waals surface area contributed by atoms with Crippen molar-refractivity contribution in [2.75, 3.05) is 39.3 Å². The van der Waals surface area contributed by atoms with Crippen LogP contribution in [0.3, 0.4) is 0 Å². The highest BCUT2D eigenvalue weighted by Gasteiger charge is 2.59. The van der Waals surface area contributed by atoms with E-state index in [9.17, 15) is 33.9 Å². The Morgan fingerprint density at radius 2 is 1.32 bits per heavy atom. The number of nitrogens with zero attached hydrogens (tertiary/aromatic N) is 1. The van der Waals surface area contributed by atoms with E-state index in [-0.39, 0.29) is 56.6 Å². The van der Waals surface area contributed by atoms with E-state index in [1.807, 2.05) is 0 Å². The third-order valence-corrected chi connectivity index (χ3v) is 15.5. The number of amides is 3. The minimum absolute atomic E-state index is 0.0218. The van der Waals surface area contributed by atoms with Gasteiger partial charge < -0.3 is 36.6 Å². The van der Waals surface area contributed by atoms with Gasteiger partial charge >= 0.3 is 17.9 Å². The fraction of sp³-hybridized carbons (Fsp3) is 0.833. The molecule has 0 saturated heterocycles. The van der Waals surface area contributed by atoms with Crippen LogP contribution < -0.4 is 21.3 Å². The maximum absolute atomic E-state index is 12.4. The van der Waals surface area contributed by atoms with Crippen molar-refractivity contribution in [2.45, 2.75) is 169 Å². The Balaban J connectivity index is 1.03. The average Bonchev–Trinajstić information content (AvgIpc) is 3.55. The number of carbonyl (C=O) groups excluding carboxylic acids is 3. The minimum Gasteiger partial charge on any atom is -0.480 e. The molecular weight excluding hydrogens is 791 g/mol. The first-order chi connectivity index (χ1) is 29.4. The third-order valence-electron chi connectivity index (χ3n) is 15.5. The highest BCUT2D eigenvalue weighted by Crippen LogP contribution is 2.67. The molecule has 352 valence electrons. The summed E-state index contributed by atoms with van der Waals surface area (Å²) >= 11 is 0. The zero-order valence-electron chi connectivity index (χ0n) is 38.6. The van der Waals surface area contributed by atoms with E-state index in [1.54, 1.807) is 5.57 Å². The Hall–Kier alpha value is -3.52. The number of carboxylic acid groups (broad SMARTS) is 3. The Kier molecular flexibility index (Phi) is 20.2. The van der Waals surface area contributed by atoms with Crippen molar-refractivity contribution >= 4 is 35.6 Å². The van der Waals surface area contributed by atoms with Gasteiger partial charge in [0.2, 0.25) is 17.7 Å². The Morgan fingerprint density at radius 3 is 1.95 bits per heavy atom. The molecule has 7 N–H and O–H groups in total. The summed E-state index contributed by atoms with van der Waals surface area (Å²) in [6, 6.07) is -0.776. The molecule has 3 amide bonds. The average molecular weight is 872 g/mol. The quantitative estimate of drug-likeness (QED) is 0.0339. The first-order valence-corrected chi connectivity index (χ1v) is 24.1. The van der Waals surface area contributed by atoms with Crippen LogP contribution in [-0.2, 0) is 28.8 Å². The predicted octanol–water partition coefficient (Wildman–Crippen LogP) is 6.38. The molecule has 0 heterocycles. The SMILES string of the molecule is CC(C)CCC[C@@H](C)C1CC[C@H]2[C@@H]3CC=C4C[C@@H](NCCCCC(=O)NCCC(=O)NCCC(=O)NCCCC[C@@H](C(=O)O)N(CC(=O)O)CC(=O)O)CCC4(C)C3CCC12C. The molecule has 0 bridgehead atoms. The van der Waals surface area contributed by atoms with Gasteiger partial charge in [0.25, 0.3) is 0 Å². The maximum Gasteiger partial charge on any atom is 0.320 e. The van der Waals surface area contributed by atoms with Crippen LogP contribution in [0.1, 0.15) is 157 Å². The summed E-state index contributed by atoms with van der Waals surface area (Å²) in [5, 5.41) is 39.5. The van der Waals surface area contributed by atoms with Crippen LogP contribution in [0.4, 0.5) is 0 Å². The number of fused-ring (bicyclic) bond motifs is 5. The fourth-order valence-corrected chi connectivity index (χ4v) is 12.2. The number of carbonyl (C=O) groups is 6. The summed E-state index contributed by atoms with van der Waals surface area (Å²) in [4.78, 5) is 71.5. The number of hydrogen-bond donors (Lipinski definition) is 7. The molecule has 4 unspecified atom stereocenters. The summed E-state index contributed by atoms with van der Waals surface area (Å²) in [5.74, 6) is 0.496. The maximum atomic E-state index is 12.4. The van der Waals surface area contributed by atoms with Gasteiger partial charge in [0.1, 0.15) is 6.04 Å². The number of rotatable bonds is 28. The van der Waals surface area contributed by atoms with Gasteiger partial charge in [-0.05, 0) is 136 Å². The van der Waals surface area contributed by atoms with E-state index in [0.29, 0.717) is 36.1 Å². The van der Waals surface area contributed by atoms with Gasteiger partial charge in [-0.2, -0.15) is 0 Å². The lowest BCUT2D eigenvalue weighted by Crippen LogP contribution is -2.51. The molecule has 3 saturated carbocycles. The van der Waals surface area contributed by atoms with Crippen molar-refractivity contribution in [3.05, 3.63) is 11.6 Å². The Labute approximate surface area is 370 Å². The number of allylic oxidation sites excluding steroid dienone is 1. The van der Waals surface area contributed by atoms with Gasteiger partial charge in [0.05, 0.1) is 13.1 Å². The standard InChI is InChI=1S/C48H81N5O9/c1-32(2)11-10-12-33(3)37-17-18-38-36-16-15-34-29-35(19-23-47(34,4)39(36)20-24-48(37,38)5)49-25-9-7-14-41(54)51-27-22-43(56)52-28-21-42(55)50-26-8-6-13-40(46(61)62)53(30-44(57)58)31-45(59)60/h15,32-33,35-40,49H,6-14,16-31H2,1-5H3,(H,50,55)(H,51,54)(H,52,56)(H,57,58)(H,59,60)(H,61,62)/t33-,35+,36+,37?,38+,39?,40+,47?,48?/m1/s1. The van der Waals surface area contributed by atoms with Crippen LogP contribution in [0, 0.1) is 46.3 Å². The van der Waals surface area contributed by atoms with Gasteiger partial charge in [-0.15, -0.1) is 0 Å². The molecule has 0 aromatic rings. The topological polar surface area (TPSA) is 214 Å². The lowest BCUT2D eigenvalue weighted by Gasteiger charge is -2.58. The summed E-state index contributed by atoms with van der Waals surface area (Å²) in [6.07, 6.45) is 20.4. The van der Waals surface area contributed by atoms with Crippen LogP contribution in [0.25, 0.3) is 0 Å². The molecule has 4 aliphatic rings. The molecule has 14 heteroatoms. The largest absolute Gasteiger partial charge is 0.480 e. The molecular formula is C48H81N5O9. The highest BCUT2D eigenvalue weighted by atomic mass is 16.4. The van der Waals surface area contributed by atoms with Crippen molar-refractivity contribution in [2.24, 2.45) is 46.3 Å². The smallest absolute Gasteiger partial charge is 0.320 e. The van der Waals surface area contributed by atoms with E-state index in [0.717, 1.165) is 66.2 Å². The fourth-order valence-electron chi connectivity index (χ4n) is 12.2. The zero-order valence-corrected chi connectivity index (χ0v) is 38.6. The van der Waals surface area contributed by atoms with E-state index in [2.05, 4.69) is 62.0 Å². The minimum atomic E-state index is -1.33. The van der Waals surface area contributed by atoms with Crippen molar-refractivity contribution in [1.29, 1.82) is 0 Å². The summed E-state index contributed by atoms with van der Waals surface area (Å²) < 4.78 is 0. The van der Waals surface area contributed by atoms with E-state index in [1.165, 1.54) is 64.2 Å². The van der Waals surface area contributed by atoms with Gasteiger partial charge in [-0.25, -0.2) is 0 Å². The monoisotopic (exact) mass is 872 g/mol. The second kappa shape index (κ2) is 24.5. The first-order valence-electron chi connectivity index (χ1n) is 24.1. The van der Waals surface area contributed by atoms with Crippen LogP contribution in [-0.4, -0.2) is 107 Å². The second-order valence-corrected chi connectivity index (χ2v) is 20.2. The number of hydrogen-bond acceptors (Lipinski definition) is 8. The zero-order chi connectivity index (χ0) is 45.5. The molecule has 3 fully saturated rings. The molecule has 0 spiro atoms. The molecule has 14 nitrogen and oxygen atoms in total. The molecule has 4 aliphatic carbocycles. The third kappa shape index (κ3) is 14.8. The normalized spacial score (nSPS) is 27.6. The van der Waals surface area contributed by atoms with Crippen molar-refractivity contribution in [1.82, 2.24) is 26.2 Å². The Bertz CT molecular complexity index is 1540. The number of nitrogens with one attached hydrogen (secondary N) is 4. The van der Waals surface area contributed by atoms with Crippen molar-refractivity contribution in [3.63, 3.8) is 0 Å². The van der Waals surface area contributed by atoms with Crippen LogP contribution >= 0.6 is 0 Å². The number of aliphatic carboxylic acids is 3. The van der Waals surface area contributed by atoms with Crippen LogP contribution in [0.5, 0.6) is 0 Å². The summed E-state index contributed by atoms with van der Waals surface area (Å²) in [6.45, 7) is 12.6. The molecule has 9 atom stereocenters. The Morgan fingerprint density at radius 1 is 0.694 bits per heavy atom. The van der Waals surface area contributed by atoms with Crippen molar-refractivity contribution in [3.8, 4) is 0 Å². The molecule has 0 aromatic carbocycles. The lowest BCUT2D eigenvalue weighted by molar-refractivity contribution is -0.149. The van der Waals surface area contributed by atoms with Gasteiger partial charge in [0.15, 0.2) is 0 Å². The highest BCUT2D eigenvalue weighted by molar-refractivity contribution is 5.80. The van der Waals surface area contributed by atoms with Gasteiger partial charge in [-0.1, -0.05) is 65.5 Å². The van der Waals surface area contributed by atoms with E-state index >= 15 is 0 Å². The number of carboxylic acids is 3. The van der Waals surface area contributed by atoms with Gasteiger partial charge in [-0.3, -0.25) is 33.7 Å². The van der Waals surface area contributed by atoms with Crippen molar-refractivity contribution < 1.29 is 44.1 Å². The summed E-state index contributed by atoms with van der Waals surface area (Å²) in [5.41, 5.74) is 2.57. The van der Waals surface area contributed by atoms with Crippen LogP contribution in [0.15, 0.2) is 11.6 Å². The van der Waals surface area contributed by atoms with Crippen LogP contribution in [0.2, 0.25) is 0 Å². The van der Waals surface area contributed by atoms with E-state index < -0.39 is 37.0 Å². The van der Waals surface area contributed by atoms with E-state index in [4.69, 9.17) is 10.2 Å². The second-order valence-electron chi connectivity index (χ2n) is 20.2. The molecule has 62 heavy (non-hydrogen) atoms. The summed E-state index contributed by atoms with van der Waals surface area (Å²) in [7, 11) is 0. The first kappa shape index (κ1) is 51.1. The molecule has 0 radical (unpaired) electrons. The lowest BCUT2D eigenvalue weighted by atomic mass is 9.47. The van der Waals surface area contributed by atoms with Gasteiger partial charge in [0, 0.05) is 44.9 Å². The molecule has 4 rings (SSSR count). The predicted molar refractivity (Wildman–Crippen MR) is 239 cm³/mol. The molecule has 0 aliphatic heterocycles. The number of unbranched alkanes of at least 4 members (excludes halogenated alkanes) is 2. The molecule has 0 aromatic heterocycles.